The van der Waals surface area contributed by atoms with E-state index in [0.717, 1.165) is 5.56 Å². The lowest BCUT2D eigenvalue weighted by molar-refractivity contribution is -0.133. The summed E-state index contributed by atoms with van der Waals surface area (Å²) in [5.74, 6) is -0.624. The zero-order valence-corrected chi connectivity index (χ0v) is 10.6. The molecular formula is C14H18N2O. The maximum atomic E-state index is 11.9. The molecule has 0 aromatic heterocycles. The van der Waals surface area contributed by atoms with E-state index in [-0.39, 0.29) is 5.91 Å². The molecule has 0 fully saturated rings. The van der Waals surface area contributed by atoms with Crippen LogP contribution in [0.2, 0.25) is 0 Å². The number of aryl methyl sites for hydroxylation is 1. The van der Waals surface area contributed by atoms with E-state index in [1.54, 1.807) is 11.9 Å². The molecule has 1 atom stereocenters. The van der Waals surface area contributed by atoms with Crippen LogP contribution >= 0.6 is 0 Å². The van der Waals surface area contributed by atoms with Gasteiger partial charge >= 0.3 is 0 Å². The van der Waals surface area contributed by atoms with Crippen LogP contribution in [-0.4, -0.2) is 17.9 Å². The van der Waals surface area contributed by atoms with E-state index < -0.39 is 5.92 Å². The number of nitrogens with zero attached hydrogens (tertiary/aromatic N) is 2. The first-order valence-corrected chi connectivity index (χ1v) is 5.78. The second kappa shape index (κ2) is 6.05. The van der Waals surface area contributed by atoms with E-state index in [0.29, 0.717) is 13.0 Å². The number of benzene rings is 1. The first-order valence-electron chi connectivity index (χ1n) is 5.78. The maximum absolute atomic E-state index is 11.9. The Labute approximate surface area is 103 Å². The molecule has 0 saturated carbocycles. The normalized spacial score (nSPS) is 11.6. The number of hydrogen-bond donors (Lipinski definition) is 0. The Morgan fingerprint density at radius 3 is 2.47 bits per heavy atom. The second-order valence-electron chi connectivity index (χ2n) is 4.27. The van der Waals surface area contributed by atoms with Gasteiger partial charge in [-0.05, 0) is 18.9 Å². The minimum Gasteiger partial charge on any atom is -0.340 e. The summed E-state index contributed by atoms with van der Waals surface area (Å²) in [7, 11) is 1.74. The fourth-order valence-corrected chi connectivity index (χ4v) is 1.63. The fraction of sp³-hybridized carbons (Fsp3) is 0.429. The van der Waals surface area contributed by atoms with Crippen LogP contribution in [-0.2, 0) is 11.3 Å². The van der Waals surface area contributed by atoms with Crippen LogP contribution in [0.4, 0.5) is 0 Å². The third kappa shape index (κ3) is 3.60. The summed E-state index contributed by atoms with van der Waals surface area (Å²) < 4.78 is 0. The van der Waals surface area contributed by atoms with Crippen molar-refractivity contribution in [1.82, 2.24) is 4.90 Å². The van der Waals surface area contributed by atoms with E-state index in [1.807, 2.05) is 44.2 Å². The molecule has 0 radical (unpaired) electrons. The third-order valence-electron chi connectivity index (χ3n) is 2.78. The summed E-state index contributed by atoms with van der Waals surface area (Å²) in [5, 5.41) is 8.85. The molecule has 3 heteroatoms. The van der Waals surface area contributed by atoms with Gasteiger partial charge in [0.05, 0.1) is 6.07 Å². The smallest absolute Gasteiger partial charge is 0.239 e. The Morgan fingerprint density at radius 2 is 2.00 bits per heavy atom. The van der Waals surface area contributed by atoms with Crippen LogP contribution < -0.4 is 0 Å². The van der Waals surface area contributed by atoms with Crippen LogP contribution in [0.5, 0.6) is 0 Å². The Kier molecular flexibility index (Phi) is 4.71. The zero-order chi connectivity index (χ0) is 12.8. The fourth-order valence-electron chi connectivity index (χ4n) is 1.63. The van der Waals surface area contributed by atoms with E-state index in [2.05, 4.69) is 0 Å². The molecule has 0 spiro atoms. The van der Waals surface area contributed by atoms with Gasteiger partial charge < -0.3 is 4.90 Å². The van der Waals surface area contributed by atoms with Gasteiger partial charge in [0.1, 0.15) is 5.92 Å². The summed E-state index contributed by atoms with van der Waals surface area (Å²) >= 11 is 0. The Morgan fingerprint density at radius 1 is 1.41 bits per heavy atom. The molecule has 1 unspecified atom stereocenters. The quantitative estimate of drug-likeness (QED) is 0.797. The minimum absolute atomic E-state index is 0.101. The highest BCUT2D eigenvalue weighted by atomic mass is 16.2. The second-order valence-corrected chi connectivity index (χ2v) is 4.27. The topological polar surface area (TPSA) is 44.1 Å². The van der Waals surface area contributed by atoms with Gasteiger partial charge in [-0.15, -0.1) is 0 Å². The van der Waals surface area contributed by atoms with Crippen molar-refractivity contribution in [2.75, 3.05) is 7.05 Å². The lowest BCUT2D eigenvalue weighted by Gasteiger charge is -2.19. The predicted molar refractivity (Wildman–Crippen MR) is 67.0 cm³/mol. The molecular weight excluding hydrogens is 212 g/mol. The molecule has 0 saturated heterocycles. The highest BCUT2D eigenvalue weighted by molar-refractivity contribution is 5.80. The summed E-state index contributed by atoms with van der Waals surface area (Å²) in [5.41, 5.74) is 2.28. The number of carbonyl (C=O) groups is 1. The van der Waals surface area contributed by atoms with Gasteiger partial charge in [-0.1, -0.05) is 36.8 Å². The van der Waals surface area contributed by atoms with Crippen molar-refractivity contribution in [1.29, 1.82) is 5.26 Å². The third-order valence-corrected chi connectivity index (χ3v) is 2.78. The average Bonchev–Trinajstić information content (AvgIpc) is 2.33. The number of amides is 1. The molecule has 0 aliphatic rings. The lowest BCUT2D eigenvalue weighted by atomic mass is 10.1. The monoisotopic (exact) mass is 230 g/mol. The van der Waals surface area contributed by atoms with Gasteiger partial charge in [-0.25, -0.2) is 0 Å². The zero-order valence-electron chi connectivity index (χ0n) is 10.6. The van der Waals surface area contributed by atoms with E-state index in [4.69, 9.17) is 5.26 Å². The Hall–Kier alpha value is -1.82. The molecule has 3 nitrogen and oxygen atoms in total. The van der Waals surface area contributed by atoms with Crippen LogP contribution in [0, 0.1) is 24.2 Å². The molecule has 0 bridgehead atoms. The molecule has 1 aromatic carbocycles. The number of hydrogen-bond acceptors (Lipinski definition) is 2. The van der Waals surface area contributed by atoms with Gasteiger partial charge in [0, 0.05) is 13.6 Å². The van der Waals surface area contributed by atoms with Gasteiger partial charge in [-0.3, -0.25) is 4.79 Å². The summed E-state index contributed by atoms with van der Waals surface area (Å²) in [4.78, 5) is 13.5. The lowest BCUT2D eigenvalue weighted by Crippen LogP contribution is -2.31. The van der Waals surface area contributed by atoms with Crippen LogP contribution in [0.15, 0.2) is 24.3 Å². The molecule has 0 N–H and O–H groups in total. The molecule has 90 valence electrons. The SMILES string of the molecule is CCC(C#N)C(=O)N(C)Cc1ccc(C)cc1. The standard InChI is InChI=1S/C14H18N2O/c1-4-13(9-15)14(17)16(3)10-12-7-5-11(2)6-8-12/h5-8,13H,4,10H2,1-3H3. The Bertz CT molecular complexity index is 417. The first kappa shape index (κ1) is 13.2. The number of carbonyl (C=O) groups excluding carboxylic acids is 1. The highest BCUT2D eigenvalue weighted by Gasteiger charge is 2.19. The van der Waals surface area contributed by atoms with Crippen molar-refractivity contribution < 1.29 is 4.79 Å². The van der Waals surface area contributed by atoms with Crippen molar-refractivity contribution in [2.45, 2.75) is 26.8 Å². The van der Waals surface area contributed by atoms with Crippen molar-refractivity contribution in [3.8, 4) is 6.07 Å². The number of nitriles is 1. The molecule has 0 aliphatic carbocycles. The van der Waals surface area contributed by atoms with Gasteiger partial charge in [-0.2, -0.15) is 5.26 Å². The molecule has 1 amide bonds. The molecule has 1 rings (SSSR count). The van der Waals surface area contributed by atoms with Crippen molar-refractivity contribution >= 4 is 5.91 Å². The van der Waals surface area contributed by atoms with Crippen LogP contribution in [0.1, 0.15) is 24.5 Å². The highest BCUT2D eigenvalue weighted by Crippen LogP contribution is 2.10. The molecule has 0 heterocycles. The van der Waals surface area contributed by atoms with E-state index in [1.165, 1.54) is 5.56 Å². The van der Waals surface area contributed by atoms with Gasteiger partial charge in [0.25, 0.3) is 0 Å². The van der Waals surface area contributed by atoms with Gasteiger partial charge in [0.2, 0.25) is 5.91 Å². The van der Waals surface area contributed by atoms with Crippen molar-refractivity contribution in [3.63, 3.8) is 0 Å². The molecule has 0 aliphatic heterocycles. The Balaban J connectivity index is 2.66. The molecule has 1 aromatic rings. The minimum atomic E-state index is -0.523. The van der Waals surface area contributed by atoms with Crippen LogP contribution in [0.3, 0.4) is 0 Å². The van der Waals surface area contributed by atoms with E-state index >= 15 is 0 Å². The van der Waals surface area contributed by atoms with Crippen molar-refractivity contribution in [2.24, 2.45) is 5.92 Å². The first-order chi connectivity index (χ1) is 8.08. The molecule has 17 heavy (non-hydrogen) atoms. The maximum Gasteiger partial charge on any atom is 0.239 e. The largest absolute Gasteiger partial charge is 0.340 e. The van der Waals surface area contributed by atoms with Gasteiger partial charge in [0.15, 0.2) is 0 Å². The average molecular weight is 230 g/mol. The number of rotatable bonds is 4. The van der Waals surface area contributed by atoms with E-state index in [9.17, 15) is 4.79 Å². The summed E-state index contributed by atoms with van der Waals surface area (Å²) in [6, 6.07) is 10.1. The van der Waals surface area contributed by atoms with Crippen molar-refractivity contribution in [3.05, 3.63) is 35.4 Å². The summed E-state index contributed by atoms with van der Waals surface area (Å²) in [6.07, 6.45) is 0.563. The summed E-state index contributed by atoms with van der Waals surface area (Å²) in [6.45, 7) is 4.43. The predicted octanol–water partition coefficient (Wildman–Crippen LogP) is 2.50. The van der Waals surface area contributed by atoms with Crippen LogP contribution in [0.25, 0.3) is 0 Å².